The maximum Gasteiger partial charge on any atom is 0.410 e. The van der Waals surface area contributed by atoms with Gasteiger partial charge in [0.15, 0.2) is 17.5 Å². The number of hydrogen-bond donors (Lipinski definition) is 0. The number of alkyl halides is 3. The molecule has 4 heterocycles. The lowest BCUT2D eigenvalue weighted by Gasteiger charge is -2.33. The van der Waals surface area contributed by atoms with Crippen LogP contribution >= 0.6 is 0 Å². The van der Waals surface area contributed by atoms with E-state index in [-0.39, 0.29) is 24.5 Å². The van der Waals surface area contributed by atoms with Gasteiger partial charge in [-0.1, -0.05) is 5.16 Å². The number of anilines is 1. The quantitative estimate of drug-likeness (QED) is 0.684. The summed E-state index contributed by atoms with van der Waals surface area (Å²) in [5.74, 6) is -0.103. The van der Waals surface area contributed by atoms with Crippen LogP contribution < -0.4 is 4.90 Å². The fourth-order valence-corrected chi connectivity index (χ4v) is 3.09. The van der Waals surface area contributed by atoms with Gasteiger partial charge in [-0.15, -0.1) is 0 Å². The number of carbonyl (C=O) groups excluding carboxylic acids is 1. The largest absolute Gasteiger partial charge is 0.410 e. The zero-order valence-electron chi connectivity index (χ0n) is 14.1. The van der Waals surface area contributed by atoms with Crippen molar-refractivity contribution in [2.75, 3.05) is 11.4 Å². The molecule has 0 fully saturated rings. The van der Waals surface area contributed by atoms with Gasteiger partial charge >= 0.3 is 6.18 Å². The van der Waals surface area contributed by atoms with E-state index in [1.165, 1.54) is 17.0 Å². The number of aryl methyl sites for hydroxylation is 1. The smallest absolute Gasteiger partial charge is 0.355 e. The third kappa shape index (κ3) is 3.07. The Morgan fingerprint density at radius 1 is 1.33 bits per heavy atom. The molecular formula is C17H14F3N5O2. The number of pyridine rings is 1. The lowest BCUT2D eigenvalue weighted by Crippen LogP contribution is -2.43. The predicted molar refractivity (Wildman–Crippen MR) is 88.1 cm³/mol. The van der Waals surface area contributed by atoms with E-state index >= 15 is 0 Å². The third-order valence-electron chi connectivity index (χ3n) is 4.33. The van der Waals surface area contributed by atoms with Crippen molar-refractivity contribution in [3.8, 4) is 11.3 Å². The first-order valence-corrected chi connectivity index (χ1v) is 8.16. The van der Waals surface area contributed by atoms with Crippen LogP contribution in [-0.4, -0.2) is 38.5 Å². The van der Waals surface area contributed by atoms with Gasteiger partial charge in [0.1, 0.15) is 5.82 Å². The summed E-state index contributed by atoms with van der Waals surface area (Å²) in [7, 11) is 0. The molecule has 1 unspecified atom stereocenters. The Hall–Kier alpha value is -3.17. The van der Waals surface area contributed by atoms with Gasteiger partial charge < -0.3 is 4.52 Å². The van der Waals surface area contributed by atoms with E-state index in [1.54, 1.807) is 31.5 Å². The number of fused-ring (bicyclic) bond motifs is 1. The molecule has 0 aliphatic carbocycles. The molecule has 0 bridgehead atoms. The van der Waals surface area contributed by atoms with Crippen molar-refractivity contribution in [1.82, 2.24) is 19.9 Å². The van der Waals surface area contributed by atoms with Gasteiger partial charge in [0, 0.05) is 36.6 Å². The maximum atomic E-state index is 13.3. The highest BCUT2D eigenvalue weighted by atomic mass is 19.4. The topological polar surface area (TPSA) is 77.0 Å². The lowest BCUT2D eigenvalue weighted by molar-refractivity contribution is -0.172. The van der Waals surface area contributed by atoms with E-state index in [1.807, 2.05) is 0 Å². The van der Waals surface area contributed by atoms with E-state index in [9.17, 15) is 18.0 Å². The molecule has 7 nitrogen and oxygen atoms in total. The summed E-state index contributed by atoms with van der Waals surface area (Å²) in [5, 5.41) is 7.70. The molecule has 0 spiro atoms. The molecule has 3 aromatic heterocycles. The zero-order valence-corrected chi connectivity index (χ0v) is 14.1. The number of amides is 1. The van der Waals surface area contributed by atoms with Crippen molar-refractivity contribution in [3.63, 3.8) is 0 Å². The van der Waals surface area contributed by atoms with Crippen molar-refractivity contribution in [2.45, 2.75) is 25.6 Å². The molecule has 10 heteroatoms. The van der Waals surface area contributed by atoms with Crippen molar-refractivity contribution in [1.29, 1.82) is 0 Å². The predicted octanol–water partition coefficient (Wildman–Crippen LogP) is 3.40. The van der Waals surface area contributed by atoms with Crippen molar-refractivity contribution in [2.24, 2.45) is 0 Å². The first kappa shape index (κ1) is 17.3. The minimum atomic E-state index is -4.44. The van der Waals surface area contributed by atoms with Crippen LogP contribution in [0.4, 0.5) is 19.0 Å². The summed E-state index contributed by atoms with van der Waals surface area (Å²) in [4.78, 5) is 18.0. The second kappa shape index (κ2) is 6.22. The number of carbonyl (C=O) groups is 1. The highest BCUT2D eigenvalue weighted by Gasteiger charge is 2.46. The second-order valence-electron chi connectivity index (χ2n) is 6.21. The van der Waals surface area contributed by atoms with Gasteiger partial charge in [0.05, 0.1) is 5.69 Å². The van der Waals surface area contributed by atoms with Gasteiger partial charge in [0.25, 0.3) is 5.91 Å². The van der Waals surface area contributed by atoms with Crippen LogP contribution in [-0.2, 0) is 0 Å². The van der Waals surface area contributed by atoms with Crippen molar-refractivity contribution in [3.05, 3.63) is 48.0 Å². The molecule has 1 aliphatic heterocycles. The molecule has 3 aromatic rings. The Morgan fingerprint density at radius 2 is 2.15 bits per heavy atom. The van der Waals surface area contributed by atoms with E-state index in [2.05, 4.69) is 15.2 Å². The third-order valence-corrected chi connectivity index (χ3v) is 4.33. The summed E-state index contributed by atoms with van der Waals surface area (Å²) in [6.45, 7) is 1.49. The Bertz CT molecular complexity index is 980. The van der Waals surface area contributed by atoms with Gasteiger partial charge in [-0.3, -0.25) is 14.7 Å². The molecule has 0 aromatic carbocycles. The molecular weight excluding hydrogens is 363 g/mol. The summed E-state index contributed by atoms with van der Waals surface area (Å²) < 4.78 is 45.9. The average Bonchev–Trinajstić information content (AvgIpc) is 3.26. The molecule has 0 radical (unpaired) electrons. The maximum absolute atomic E-state index is 13.3. The molecule has 0 saturated heterocycles. The summed E-state index contributed by atoms with van der Waals surface area (Å²) in [5.41, 5.74) is 1.04. The highest BCUT2D eigenvalue weighted by molar-refractivity contribution is 6.04. The number of halogens is 3. The van der Waals surface area contributed by atoms with Crippen LogP contribution in [0.2, 0.25) is 0 Å². The van der Waals surface area contributed by atoms with E-state index < -0.39 is 18.1 Å². The standard InChI is InChI=1S/C17H14F3N5O2/c1-10-7-15-24(6-4-14(17(18,19)20)25(15)22-10)16(26)12-8-13(27-23-12)11-3-2-5-21-9-11/h2-3,5,7-9,14H,4,6H2,1H3. The van der Waals surface area contributed by atoms with Crippen LogP contribution in [0.5, 0.6) is 0 Å². The first-order valence-electron chi connectivity index (χ1n) is 8.16. The molecule has 0 saturated carbocycles. The minimum Gasteiger partial charge on any atom is -0.355 e. The average molecular weight is 377 g/mol. The Balaban J connectivity index is 1.66. The molecule has 140 valence electrons. The van der Waals surface area contributed by atoms with Crippen LogP contribution in [0.1, 0.15) is 28.6 Å². The van der Waals surface area contributed by atoms with Crippen LogP contribution in [0.25, 0.3) is 11.3 Å². The van der Waals surface area contributed by atoms with Crippen molar-refractivity contribution < 1.29 is 22.5 Å². The fraction of sp³-hybridized carbons (Fsp3) is 0.294. The molecule has 27 heavy (non-hydrogen) atoms. The van der Waals surface area contributed by atoms with Crippen LogP contribution in [0, 0.1) is 6.92 Å². The van der Waals surface area contributed by atoms with E-state index in [0.29, 0.717) is 17.0 Å². The molecule has 0 N–H and O–H groups in total. The number of aromatic nitrogens is 4. The summed E-state index contributed by atoms with van der Waals surface area (Å²) in [6, 6.07) is 4.60. The van der Waals surface area contributed by atoms with Gasteiger partial charge in [-0.2, -0.15) is 18.3 Å². The number of rotatable bonds is 2. The highest BCUT2D eigenvalue weighted by Crippen LogP contribution is 2.39. The van der Waals surface area contributed by atoms with Gasteiger partial charge in [0.2, 0.25) is 0 Å². The minimum absolute atomic E-state index is 0.00437. The van der Waals surface area contributed by atoms with Crippen molar-refractivity contribution >= 4 is 11.7 Å². The molecule has 1 amide bonds. The number of hydrogen-bond acceptors (Lipinski definition) is 5. The SMILES string of the molecule is Cc1cc2n(n1)C(C(F)(F)F)CCN2C(=O)c1cc(-c2cccnc2)on1. The first-order chi connectivity index (χ1) is 12.8. The summed E-state index contributed by atoms with van der Waals surface area (Å²) >= 11 is 0. The monoisotopic (exact) mass is 377 g/mol. The Morgan fingerprint density at radius 3 is 2.85 bits per heavy atom. The Labute approximate surface area is 151 Å². The molecule has 4 rings (SSSR count). The molecule has 1 atom stereocenters. The lowest BCUT2D eigenvalue weighted by atomic mass is 10.1. The van der Waals surface area contributed by atoms with Gasteiger partial charge in [-0.25, -0.2) is 4.68 Å². The molecule has 1 aliphatic rings. The summed E-state index contributed by atoms with van der Waals surface area (Å²) in [6.07, 6.45) is -1.57. The van der Waals surface area contributed by atoms with E-state index in [0.717, 1.165) is 4.68 Å². The second-order valence-corrected chi connectivity index (χ2v) is 6.21. The Kier molecular flexibility index (Phi) is 3.97. The van der Waals surface area contributed by atoms with E-state index in [4.69, 9.17) is 4.52 Å². The van der Waals surface area contributed by atoms with Crippen LogP contribution in [0.3, 0.4) is 0 Å². The normalized spacial score (nSPS) is 17.0. The fourth-order valence-electron chi connectivity index (χ4n) is 3.09. The van der Waals surface area contributed by atoms with Gasteiger partial charge in [-0.05, 0) is 25.5 Å². The number of nitrogens with zero attached hydrogens (tertiary/aromatic N) is 5. The van der Waals surface area contributed by atoms with Crippen LogP contribution in [0.15, 0.2) is 41.2 Å². The zero-order chi connectivity index (χ0) is 19.2.